The molecular weight excluding hydrogens is 140 g/mol. The Hall–Kier alpha value is -1.05. The van der Waals surface area contributed by atoms with Crippen LogP contribution in [0.2, 0.25) is 0 Å². The molecule has 0 aromatic carbocycles. The highest BCUT2D eigenvalue weighted by Crippen LogP contribution is 1.98. The Labute approximate surface area is 67.2 Å². The molecule has 0 radical (unpaired) electrons. The molecule has 2 nitrogen and oxygen atoms in total. The summed E-state index contributed by atoms with van der Waals surface area (Å²) in [6.45, 7) is 1.60. The smallest absolute Gasteiger partial charge is 0.303 e. The third kappa shape index (κ3) is 8.95. The zero-order chi connectivity index (χ0) is 8.53. The number of carbonyl (C=O) groups is 1. The van der Waals surface area contributed by atoms with E-state index in [4.69, 9.17) is 5.11 Å². The van der Waals surface area contributed by atoms with Crippen LogP contribution in [0.15, 0.2) is 24.3 Å². The summed E-state index contributed by atoms with van der Waals surface area (Å²) in [5.41, 5.74) is 0. The number of carboxylic acids is 1. The van der Waals surface area contributed by atoms with E-state index in [9.17, 15) is 4.79 Å². The molecule has 0 aliphatic heterocycles. The first-order valence-electron chi connectivity index (χ1n) is 3.80. The van der Waals surface area contributed by atoms with E-state index in [0.29, 0.717) is 0 Å². The van der Waals surface area contributed by atoms with Gasteiger partial charge in [0.1, 0.15) is 0 Å². The van der Waals surface area contributed by atoms with Gasteiger partial charge in [0.15, 0.2) is 0 Å². The molecule has 1 rings (SSSR count). The summed E-state index contributed by atoms with van der Waals surface area (Å²) in [5.74, 6) is -0.745. The van der Waals surface area contributed by atoms with Crippen molar-refractivity contribution in [2.24, 2.45) is 0 Å². The number of allylic oxidation sites excluding steroid dienone is 4. The van der Waals surface area contributed by atoms with Crippen molar-refractivity contribution in [3.63, 3.8) is 0 Å². The summed E-state index contributed by atoms with van der Waals surface area (Å²) in [7, 11) is 0. The first kappa shape index (κ1) is 9.95. The Kier molecular flexibility index (Phi) is 6.39. The maximum atomic E-state index is 9.37. The van der Waals surface area contributed by atoms with Gasteiger partial charge in [-0.3, -0.25) is 4.79 Å². The molecule has 11 heavy (non-hydrogen) atoms. The van der Waals surface area contributed by atoms with E-state index in [-0.39, 0.29) is 6.42 Å². The van der Waals surface area contributed by atoms with Crippen molar-refractivity contribution in [2.45, 2.75) is 26.2 Å². The lowest BCUT2D eigenvalue weighted by atomic mass is 10.2. The number of aliphatic carboxylic acids is 1. The maximum absolute atomic E-state index is 9.37. The molecule has 0 unspecified atom stereocenters. The van der Waals surface area contributed by atoms with E-state index in [2.05, 4.69) is 24.3 Å². The van der Waals surface area contributed by atoms with Crippen molar-refractivity contribution in [1.82, 2.24) is 0 Å². The second-order valence-electron chi connectivity index (χ2n) is 2.18. The van der Waals surface area contributed by atoms with Gasteiger partial charge in [0.05, 0.1) is 0 Å². The number of hydrogen-bond donors (Lipinski definition) is 1. The van der Waals surface area contributed by atoms with Crippen LogP contribution in [0, 0.1) is 0 Å². The lowest BCUT2D eigenvalue weighted by Gasteiger charge is -1.88. The topological polar surface area (TPSA) is 37.3 Å². The lowest BCUT2D eigenvalue weighted by Crippen LogP contribution is -1.86. The average molecular weight is 154 g/mol. The fraction of sp³-hybridized carbons (Fsp3) is 0.444. The number of hydrogen-bond acceptors (Lipinski definition) is 1. The van der Waals surface area contributed by atoms with Crippen LogP contribution in [0.3, 0.4) is 0 Å². The minimum Gasteiger partial charge on any atom is -0.481 e. The lowest BCUT2D eigenvalue weighted by molar-refractivity contribution is -0.136. The zero-order valence-corrected chi connectivity index (χ0v) is 6.79. The van der Waals surface area contributed by atoms with Crippen LogP contribution in [0.5, 0.6) is 0 Å². The zero-order valence-electron chi connectivity index (χ0n) is 6.79. The SMILES string of the molecule is C1=CCCC=C1.CCC(=O)O. The highest BCUT2D eigenvalue weighted by molar-refractivity contribution is 5.66. The third-order valence-corrected chi connectivity index (χ3v) is 1.19. The highest BCUT2D eigenvalue weighted by atomic mass is 16.4. The molecule has 0 saturated heterocycles. The van der Waals surface area contributed by atoms with E-state index in [1.54, 1.807) is 6.92 Å². The summed E-state index contributed by atoms with van der Waals surface area (Å²) in [6, 6.07) is 0. The van der Waals surface area contributed by atoms with Crippen molar-refractivity contribution in [2.75, 3.05) is 0 Å². The van der Waals surface area contributed by atoms with Gasteiger partial charge in [-0.1, -0.05) is 31.2 Å². The largest absolute Gasteiger partial charge is 0.481 e. The highest BCUT2D eigenvalue weighted by Gasteiger charge is 1.80. The van der Waals surface area contributed by atoms with Crippen molar-refractivity contribution < 1.29 is 9.90 Å². The van der Waals surface area contributed by atoms with E-state index in [1.165, 1.54) is 12.8 Å². The molecule has 0 amide bonds. The fourth-order valence-electron chi connectivity index (χ4n) is 0.542. The summed E-state index contributed by atoms with van der Waals surface area (Å²) in [6.07, 6.45) is 11.2. The molecule has 0 spiro atoms. The van der Waals surface area contributed by atoms with Gasteiger partial charge in [-0.15, -0.1) is 0 Å². The summed E-state index contributed by atoms with van der Waals surface area (Å²) < 4.78 is 0. The summed E-state index contributed by atoms with van der Waals surface area (Å²) >= 11 is 0. The van der Waals surface area contributed by atoms with Crippen LogP contribution in [0.25, 0.3) is 0 Å². The molecule has 0 bridgehead atoms. The molecule has 0 aromatic rings. The van der Waals surface area contributed by atoms with Gasteiger partial charge in [0.25, 0.3) is 0 Å². The van der Waals surface area contributed by atoms with Gasteiger partial charge in [0, 0.05) is 6.42 Å². The molecule has 0 atom stereocenters. The molecule has 62 valence electrons. The summed E-state index contributed by atoms with van der Waals surface area (Å²) in [5, 5.41) is 7.72. The maximum Gasteiger partial charge on any atom is 0.303 e. The van der Waals surface area contributed by atoms with E-state index >= 15 is 0 Å². The number of carboxylic acid groups (broad SMARTS) is 1. The monoisotopic (exact) mass is 154 g/mol. The second-order valence-corrected chi connectivity index (χ2v) is 2.18. The molecule has 0 heterocycles. The van der Waals surface area contributed by atoms with Gasteiger partial charge in [-0.25, -0.2) is 0 Å². The van der Waals surface area contributed by atoms with Crippen LogP contribution in [0.1, 0.15) is 26.2 Å². The van der Waals surface area contributed by atoms with Gasteiger partial charge in [-0.2, -0.15) is 0 Å². The van der Waals surface area contributed by atoms with E-state index in [1.807, 2.05) is 0 Å². The van der Waals surface area contributed by atoms with Gasteiger partial charge in [-0.05, 0) is 12.8 Å². The Bertz CT molecular complexity index is 145. The molecule has 0 fully saturated rings. The molecule has 0 saturated carbocycles. The van der Waals surface area contributed by atoms with Gasteiger partial charge >= 0.3 is 5.97 Å². The van der Waals surface area contributed by atoms with Crippen molar-refractivity contribution in [3.8, 4) is 0 Å². The predicted octanol–water partition coefficient (Wildman–Crippen LogP) is 2.37. The minimum absolute atomic E-state index is 0.222. The van der Waals surface area contributed by atoms with Crippen molar-refractivity contribution >= 4 is 5.97 Å². The molecular formula is C9H14O2. The summed E-state index contributed by atoms with van der Waals surface area (Å²) in [4.78, 5) is 9.37. The molecule has 1 aliphatic rings. The molecule has 2 heteroatoms. The Morgan fingerprint density at radius 2 is 1.73 bits per heavy atom. The van der Waals surface area contributed by atoms with Crippen LogP contribution in [-0.2, 0) is 4.79 Å². The van der Waals surface area contributed by atoms with Crippen LogP contribution < -0.4 is 0 Å². The predicted molar refractivity (Wildman–Crippen MR) is 45.4 cm³/mol. The van der Waals surface area contributed by atoms with Crippen LogP contribution >= 0.6 is 0 Å². The first-order valence-corrected chi connectivity index (χ1v) is 3.80. The van der Waals surface area contributed by atoms with Crippen molar-refractivity contribution in [3.05, 3.63) is 24.3 Å². The van der Waals surface area contributed by atoms with E-state index < -0.39 is 5.97 Å². The molecule has 1 N–H and O–H groups in total. The standard InChI is InChI=1S/C6H8.C3H6O2/c1-2-4-6-5-3-1;1-2-3(4)5/h1-4H,5-6H2;2H2,1H3,(H,4,5). The average Bonchev–Trinajstić information content (AvgIpc) is 2.09. The van der Waals surface area contributed by atoms with E-state index in [0.717, 1.165) is 0 Å². The van der Waals surface area contributed by atoms with Crippen LogP contribution in [0.4, 0.5) is 0 Å². The molecule has 1 aliphatic carbocycles. The van der Waals surface area contributed by atoms with Gasteiger partial charge < -0.3 is 5.11 Å². The van der Waals surface area contributed by atoms with Crippen molar-refractivity contribution in [1.29, 1.82) is 0 Å². The Morgan fingerprint density at radius 3 is 1.82 bits per heavy atom. The normalized spacial score (nSPS) is 13.5. The van der Waals surface area contributed by atoms with Crippen LogP contribution in [-0.4, -0.2) is 11.1 Å². The fourth-order valence-corrected chi connectivity index (χ4v) is 0.542. The Balaban J connectivity index is 0.000000187. The molecule has 0 aromatic heterocycles. The minimum atomic E-state index is -0.745. The quantitative estimate of drug-likeness (QED) is 0.629. The first-order chi connectivity index (χ1) is 5.27. The Morgan fingerprint density at radius 1 is 1.36 bits per heavy atom. The number of rotatable bonds is 1. The second kappa shape index (κ2) is 7.06. The van der Waals surface area contributed by atoms with Gasteiger partial charge in [0.2, 0.25) is 0 Å². The third-order valence-electron chi connectivity index (χ3n) is 1.19.